The quantitative estimate of drug-likeness (QED) is 0.590. The van der Waals surface area contributed by atoms with Crippen LogP contribution in [0, 0.1) is 5.82 Å². The van der Waals surface area contributed by atoms with Crippen LogP contribution in [-0.4, -0.2) is 6.29 Å². The molecule has 13 heavy (non-hydrogen) atoms. The standard InChI is InChI=1S/C9H5BrClFO/c10-6-1-2-9(12)7(5-6)8(11)3-4-13/h1-5H/b8-3-. The summed E-state index contributed by atoms with van der Waals surface area (Å²) in [5.74, 6) is -0.452. The van der Waals surface area contributed by atoms with Crippen LogP contribution in [-0.2, 0) is 4.79 Å². The van der Waals surface area contributed by atoms with Gasteiger partial charge in [0.25, 0.3) is 0 Å². The van der Waals surface area contributed by atoms with Gasteiger partial charge in [-0.25, -0.2) is 4.39 Å². The second-order valence-electron chi connectivity index (χ2n) is 2.27. The van der Waals surface area contributed by atoms with Crippen molar-refractivity contribution in [2.75, 3.05) is 0 Å². The van der Waals surface area contributed by atoms with Crippen LogP contribution in [0.4, 0.5) is 4.39 Å². The maximum Gasteiger partial charge on any atom is 0.144 e. The number of allylic oxidation sites excluding steroid dienone is 1. The van der Waals surface area contributed by atoms with Crippen molar-refractivity contribution in [3.8, 4) is 0 Å². The molecule has 0 heterocycles. The van der Waals surface area contributed by atoms with Gasteiger partial charge in [0.2, 0.25) is 0 Å². The lowest BCUT2D eigenvalue weighted by atomic mass is 10.2. The van der Waals surface area contributed by atoms with Crippen LogP contribution in [0.25, 0.3) is 5.03 Å². The molecule has 0 spiro atoms. The number of aldehydes is 1. The molecule has 0 aliphatic heterocycles. The zero-order valence-electron chi connectivity index (χ0n) is 6.43. The third-order valence-electron chi connectivity index (χ3n) is 1.40. The Labute approximate surface area is 88.3 Å². The summed E-state index contributed by atoms with van der Waals surface area (Å²) in [5.41, 5.74) is 0.211. The van der Waals surface area contributed by atoms with Gasteiger partial charge in [-0.2, -0.15) is 0 Å². The second-order valence-corrected chi connectivity index (χ2v) is 3.60. The average molecular weight is 263 g/mol. The molecule has 1 rings (SSSR count). The largest absolute Gasteiger partial charge is 0.299 e. The summed E-state index contributed by atoms with van der Waals surface area (Å²) in [5, 5.41) is 0.0915. The molecule has 0 aromatic heterocycles. The molecule has 1 aromatic carbocycles. The van der Waals surface area contributed by atoms with Crippen LogP contribution in [0.1, 0.15) is 5.56 Å². The predicted octanol–water partition coefficient (Wildman–Crippen LogP) is 3.37. The lowest BCUT2D eigenvalue weighted by Crippen LogP contribution is -1.85. The first kappa shape index (κ1) is 10.4. The molecular weight excluding hydrogens is 258 g/mol. The zero-order chi connectivity index (χ0) is 9.84. The van der Waals surface area contributed by atoms with E-state index >= 15 is 0 Å². The Balaban J connectivity index is 3.20. The van der Waals surface area contributed by atoms with E-state index in [0.29, 0.717) is 10.8 Å². The van der Waals surface area contributed by atoms with Crippen LogP contribution < -0.4 is 0 Å². The maximum absolute atomic E-state index is 13.1. The maximum atomic E-state index is 13.1. The van der Waals surface area contributed by atoms with Gasteiger partial charge < -0.3 is 0 Å². The molecule has 0 fully saturated rings. The van der Waals surface area contributed by atoms with E-state index in [1.807, 2.05) is 0 Å². The van der Waals surface area contributed by atoms with Crippen LogP contribution >= 0.6 is 27.5 Å². The van der Waals surface area contributed by atoms with E-state index in [0.717, 1.165) is 6.08 Å². The first-order valence-corrected chi connectivity index (χ1v) is 4.58. The molecule has 0 aliphatic carbocycles. The van der Waals surface area contributed by atoms with E-state index in [1.165, 1.54) is 12.1 Å². The first-order chi connectivity index (χ1) is 6.15. The third-order valence-corrected chi connectivity index (χ3v) is 2.22. The van der Waals surface area contributed by atoms with Gasteiger partial charge in [-0.05, 0) is 24.3 Å². The first-order valence-electron chi connectivity index (χ1n) is 3.41. The fourth-order valence-electron chi connectivity index (χ4n) is 0.830. The normalized spacial score (nSPS) is 11.5. The highest BCUT2D eigenvalue weighted by molar-refractivity contribution is 9.10. The Morgan fingerprint density at radius 3 is 2.85 bits per heavy atom. The molecule has 0 N–H and O–H groups in total. The van der Waals surface area contributed by atoms with Gasteiger partial charge in [0, 0.05) is 10.0 Å². The van der Waals surface area contributed by atoms with Crippen molar-refractivity contribution in [3.05, 3.63) is 40.1 Å². The van der Waals surface area contributed by atoms with Gasteiger partial charge in [0.1, 0.15) is 12.1 Å². The molecule has 1 aromatic rings. The van der Waals surface area contributed by atoms with Gasteiger partial charge in [-0.3, -0.25) is 4.79 Å². The topological polar surface area (TPSA) is 17.1 Å². The Morgan fingerprint density at radius 1 is 1.54 bits per heavy atom. The Bertz CT molecular complexity index is 363. The van der Waals surface area contributed by atoms with Gasteiger partial charge in [-0.1, -0.05) is 27.5 Å². The van der Waals surface area contributed by atoms with Crippen LogP contribution in [0.3, 0.4) is 0 Å². The van der Waals surface area contributed by atoms with Crippen LogP contribution in [0.2, 0.25) is 0 Å². The Morgan fingerprint density at radius 2 is 2.23 bits per heavy atom. The second kappa shape index (κ2) is 4.53. The minimum absolute atomic E-state index is 0.0915. The minimum Gasteiger partial charge on any atom is -0.299 e. The smallest absolute Gasteiger partial charge is 0.144 e. The van der Waals surface area contributed by atoms with Crippen molar-refractivity contribution < 1.29 is 9.18 Å². The van der Waals surface area contributed by atoms with Crippen molar-refractivity contribution in [3.63, 3.8) is 0 Å². The SMILES string of the molecule is O=C/C=C(\Cl)c1cc(Br)ccc1F. The average Bonchev–Trinajstić information content (AvgIpc) is 2.09. The fourth-order valence-corrected chi connectivity index (χ4v) is 1.39. The molecule has 68 valence electrons. The number of benzene rings is 1. The number of rotatable bonds is 2. The molecule has 4 heteroatoms. The summed E-state index contributed by atoms with van der Waals surface area (Å²) in [4.78, 5) is 10.1. The van der Waals surface area contributed by atoms with Gasteiger partial charge in [0.15, 0.2) is 0 Å². The summed E-state index contributed by atoms with van der Waals surface area (Å²) in [6.45, 7) is 0. The van der Waals surface area contributed by atoms with Crippen LogP contribution in [0.15, 0.2) is 28.7 Å². The van der Waals surface area contributed by atoms with E-state index in [4.69, 9.17) is 11.6 Å². The Hall–Kier alpha value is -0.670. The summed E-state index contributed by atoms with van der Waals surface area (Å²) in [6.07, 6.45) is 1.62. The van der Waals surface area contributed by atoms with Crippen molar-refractivity contribution >= 4 is 38.8 Å². The molecule has 0 radical (unpaired) electrons. The number of carbonyl (C=O) groups excluding carboxylic acids is 1. The number of hydrogen-bond donors (Lipinski definition) is 0. The lowest BCUT2D eigenvalue weighted by Gasteiger charge is -2.00. The van der Waals surface area contributed by atoms with E-state index in [1.54, 1.807) is 6.07 Å². The lowest BCUT2D eigenvalue weighted by molar-refractivity contribution is -0.104. The van der Waals surface area contributed by atoms with Crippen LogP contribution in [0.5, 0.6) is 0 Å². The molecule has 0 aliphatic rings. The van der Waals surface area contributed by atoms with Crippen molar-refractivity contribution in [1.82, 2.24) is 0 Å². The summed E-state index contributed by atoms with van der Waals surface area (Å²) >= 11 is 8.83. The molecular formula is C9H5BrClFO. The molecule has 1 nitrogen and oxygen atoms in total. The molecule has 0 atom stereocenters. The number of hydrogen-bond acceptors (Lipinski definition) is 1. The molecule has 0 saturated heterocycles. The summed E-state index contributed by atoms with van der Waals surface area (Å²) < 4.78 is 13.8. The predicted molar refractivity (Wildman–Crippen MR) is 54.0 cm³/mol. The molecule has 0 bridgehead atoms. The minimum atomic E-state index is -0.452. The van der Waals surface area contributed by atoms with Crippen molar-refractivity contribution in [2.24, 2.45) is 0 Å². The third kappa shape index (κ3) is 2.64. The van der Waals surface area contributed by atoms with Gasteiger partial charge in [0.05, 0.1) is 5.03 Å². The van der Waals surface area contributed by atoms with E-state index in [2.05, 4.69) is 15.9 Å². The number of halogens is 3. The summed E-state index contributed by atoms with van der Waals surface area (Å²) in [7, 11) is 0. The zero-order valence-corrected chi connectivity index (χ0v) is 8.77. The van der Waals surface area contributed by atoms with E-state index in [9.17, 15) is 9.18 Å². The number of carbonyl (C=O) groups is 1. The highest BCUT2D eigenvalue weighted by Gasteiger charge is 2.05. The van der Waals surface area contributed by atoms with Crippen molar-refractivity contribution in [2.45, 2.75) is 0 Å². The van der Waals surface area contributed by atoms with Crippen molar-refractivity contribution in [1.29, 1.82) is 0 Å². The van der Waals surface area contributed by atoms with Gasteiger partial charge >= 0.3 is 0 Å². The molecule has 0 saturated carbocycles. The molecule has 0 amide bonds. The fraction of sp³-hybridized carbons (Fsp3) is 0. The highest BCUT2D eigenvalue weighted by atomic mass is 79.9. The highest BCUT2D eigenvalue weighted by Crippen LogP contribution is 2.24. The molecule has 0 unspecified atom stereocenters. The van der Waals surface area contributed by atoms with Gasteiger partial charge in [-0.15, -0.1) is 0 Å². The Kier molecular flexibility index (Phi) is 3.63. The van der Waals surface area contributed by atoms with E-state index in [-0.39, 0.29) is 10.6 Å². The van der Waals surface area contributed by atoms with E-state index < -0.39 is 5.82 Å². The monoisotopic (exact) mass is 262 g/mol. The summed E-state index contributed by atoms with van der Waals surface area (Å²) in [6, 6.07) is 4.35.